The van der Waals surface area contributed by atoms with E-state index in [9.17, 15) is 9.90 Å². The summed E-state index contributed by atoms with van der Waals surface area (Å²) >= 11 is 0. The fourth-order valence-corrected chi connectivity index (χ4v) is 2.41. The Morgan fingerprint density at radius 3 is 2.33 bits per heavy atom. The number of rotatable bonds is 0. The lowest BCUT2D eigenvalue weighted by Gasteiger charge is -2.36. The van der Waals surface area contributed by atoms with Crippen LogP contribution in [0.2, 0.25) is 0 Å². The molecular weight excluding hydrogens is 192 g/mol. The standard InChI is InChI=1S/C11H20N2O2/c14-10-5-4-8-13(9-10)11(15)12-6-2-1-3-7-12/h10,14H,1-9H2/t10-/m0/s1. The van der Waals surface area contributed by atoms with Gasteiger partial charge in [0, 0.05) is 26.2 Å². The van der Waals surface area contributed by atoms with Gasteiger partial charge in [-0.05, 0) is 32.1 Å². The van der Waals surface area contributed by atoms with Crippen LogP contribution in [-0.2, 0) is 0 Å². The third-order valence-corrected chi connectivity index (χ3v) is 3.29. The van der Waals surface area contributed by atoms with Crippen molar-refractivity contribution in [3.05, 3.63) is 0 Å². The third kappa shape index (κ3) is 2.62. The molecule has 0 unspecified atom stereocenters. The van der Waals surface area contributed by atoms with E-state index in [0.717, 1.165) is 45.3 Å². The number of aliphatic hydroxyl groups excluding tert-OH is 1. The highest BCUT2D eigenvalue weighted by Gasteiger charge is 2.26. The third-order valence-electron chi connectivity index (χ3n) is 3.29. The molecular formula is C11H20N2O2. The molecule has 2 amide bonds. The maximum atomic E-state index is 12.0. The van der Waals surface area contributed by atoms with Crippen LogP contribution in [0.3, 0.4) is 0 Å². The zero-order chi connectivity index (χ0) is 10.7. The Labute approximate surface area is 90.9 Å². The number of piperidine rings is 2. The van der Waals surface area contributed by atoms with Crippen LogP contribution in [0.4, 0.5) is 4.79 Å². The molecule has 0 aliphatic carbocycles. The summed E-state index contributed by atoms with van der Waals surface area (Å²) in [5.41, 5.74) is 0. The molecule has 4 heteroatoms. The van der Waals surface area contributed by atoms with E-state index in [1.54, 1.807) is 4.90 Å². The van der Waals surface area contributed by atoms with Crippen LogP contribution in [0, 0.1) is 0 Å². The Bertz CT molecular complexity index is 227. The normalized spacial score (nSPS) is 27.9. The second-order valence-corrected chi connectivity index (χ2v) is 4.57. The number of hydrogen-bond acceptors (Lipinski definition) is 2. The molecule has 0 aromatic carbocycles. The highest BCUT2D eigenvalue weighted by atomic mass is 16.3. The van der Waals surface area contributed by atoms with E-state index in [0.29, 0.717) is 6.54 Å². The molecule has 1 atom stereocenters. The van der Waals surface area contributed by atoms with Crippen molar-refractivity contribution in [1.29, 1.82) is 0 Å². The van der Waals surface area contributed by atoms with Gasteiger partial charge in [0.2, 0.25) is 0 Å². The van der Waals surface area contributed by atoms with Crippen LogP contribution in [0.5, 0.6) is 0 Å². The number of urea groups is 1. The fraction of sp³-hybridized carbons (Fsp3) is 0.909. The van der Waals surface area contributed by atoms with Gasteiger partial charge in [0.25, 0.3) is 0 Å². The first-order valence-corrected chi connectivity index (χ1v) is 5.99. The Morgan fingerprint density at radius 1 is 1.00 bits per heavy atom. The van der Waals surface area contributed by atoms with Gasteiger partial charge in [0.15, 0.2) is 0 Å². The van der Waals surface area contributed by atoms with Gasteiger partial charge in [-0.3, -0.25) is 0 Å². The first kappa shape index (κ1) is 10.7. The predicted octanol–water partition coefficient (Wildman–Crippen LogP) is 1.05. The Hall–Kier alpha value is -0.770. The van der Waals surface area contributed by atoms with Crippen LogP contribution in [0.1, 0.15) is 32.1 Å². The number of nitrogens with zero attached hydrogens (tertiary/aromatic N) is 2. The van der Waals surface area contributed by atoms with E-state index in [-0.39, 0.29) is 12.1 Å². The first-order chi connectivity index (χ1) is 7.27. The van der Waals surface area contributed by atoms with E-state index in [2.05, 4.69) is 0 Å². The van der Waals surface area contributed by atoms with E-state index in [1.807, 2.05) is 4.90 Å². The largest absolute Gasteiger partial charge is 0.391 e. The van der Waals surface area contributed by atoms with Crippen molar-refractivity contribution in [2.24, 2.45) is 0 Å². The topological polar surface area (TPSA) is 43.8 Å². The lowest BCUT2D eigenvalue weighted by atomic mass is 10.1. The summed E-state index contributed by atoms with van der Waals surface area (Å²) in [4.78, 5) is 15.8. The van der Waals surface area contributed by atoms with Gasteiger partial charge in [0.05, 0.1) is 6.10 Å². The maximum Gasteiger partial charge on any atom is 0.320 e. The molecule has 2 heterocycles. The fourth-order valence-electron chi connectivity index (χ4n) is 2.41. The van der Waals surface area contributed by atoms with Gasteiger partial charge in [0.1, 0.15) is 0 Å². The van der Waals surface area contributed by atoms with E-state index in [4.69, 9.17) is 0 Å². The average molecular weight is 212 g/mol. The Balaban J connectivity index is 1.88. The lowest BCUT2D eigenvalue weighted by Crippen LogP contribution is -2.50. The molecule has 0 aromatic rings. The van der Waals surface area contributed by atoms with E-state index >= 15 is 0 Å². The van der Waals surface area contributed by atoms with Crippen LogP contribution in [0.15, 0.2) is 0 Å². The molecule has 2 aliphatic rings. The van der Waals surface area contributed by atoms with Gasteiger partial charge >= 0.3 is 6.03 Å². The van der Waals surface area contributed by atoms with Crippen molar-refractivity contribution in [2.45, 2.75) is 38.2 Å². The number of carbonyl (C=O) groups is 1. The minimum Gasteiger partial charge on any atom is -0.391 e. The molecule has 2 rings (SSSR count). The summed E-state index contributed by atoms with van der Waals surface area (Å²) in [7, 11) is 0. The van der Waals surface area contributed by atoms with Gasteiger partial charge in [-0.1, -0.05) is 0 Å². The van der Waals surface area contributed by atoms with Gasteiger partial charge in [-0.25, -0.2) is 4.79 Å². The van der Waals surface area contributed by atoms with Crippen LogP contribution < -0.4 is 0 Å². The van der Waals surface area contributed by atoms with E-state index in [1.165, 1.54) is 6.42 Å². The molecule has 0 radical (unpaired) electrons. The van der Waals surface area contributed by atoms with Crippen LogP contribution >= 0.6 is 0 Å². The van der Waals surface area contributed by atoms with Crippen LogP contribution in [-0.4, -0.2) is 53.2 Å². The van der Waals surface area contributed by atoms with E-state index < -0.39 is 0 Å². The van der Waals surface area contributed by atoms with Crippen molar-refractivity contribution in [2.75, 3.05) is 26.2 Å². The van der Waals surface area contributed by atoms with Crippen molar-refractivity contribution in [1.82, 2.24) is 9.80 Å². The monoisotopic (exact) mass is 212 g/mol. The van der Waals surface area contributed by atoms with Crippen LogP contribution in [0.25, 0.3) is 0 Å². The molecule has 2 fully saturated rings. The molecule has 2 saturated heterocycles. The number of β-amino-alcohol motifs (C(OH)–C–C–N with tert-alkyl or cyclic N) is 1. The number of likely N-dealkylation sites (tertiary alicyclic amines) is 2. The Kier molecular flexibility index (Phi) is 3.46. The van der Waals surface area contributed by atoms with Crippen molar-refractivity contribution in [3.8, 4) is 0 Å². The molecule has 15 heavy (non-hydrogen) atoms. The molecule has 0 saturated carbocycles. The summed E-state index contributed by atoms with van der Waals surface area (Å²) in [6.07, 6.45) is 4.95. The molecule has 1 N–H and O–H groups in total. The highest BCUT2D eigenvalue weighted by Crippen LogP contribution is 2.15. The molecule has 0 bridgehead atoms. The molecule has 0 aromatic heterocycles. The minimum atomic E-state index is -0.313. The lowest BCUT2D eigenvalue weighted by molar-refractivity contribution is 0.0685. The highest BCUT2D eigenvalue weighted by molar-refractivity contribution is 5.74. The first-order valence-electron chi connectivity index (χ1n) is 5.99. The molecule has 86 valence electrons. The second-order valence-electron chi connectivity index (χ2n) is 4.57. The van der Waals surface area contributed by atoms with Gasteiger partial charge < -0.3 is 14.9 Å². The summed E-state index contributed by atoms with van der Waals surface area (Å²) in [5.74, 6) is 0. The zero-order valence-corrected chi connectivity index (χ0v) is 9.19. The SMILES string of the molecule is O=C(N1CCCCC1)N1CCC[C@H](O)C1. The summed E-state index contributed by atoms with van der Waals surface area (Å²) in [6, 6.07) is 0.133. The van der Waals surface area contributed by atoms with Crippen molar-refractivity contribution in [3.63, 3.8) is 0 Å². The molecule has 2 aliphatic heterocycles. The number of aliphatic hydroxyl groups is 1. The summed E-state index contributed by atoms with van der Waals surface area (Å²) in [5, 5.41) is 9.51. The second kappa shape index (κ2) is 4.84. The van der Waals surface area contributed by atoms with Crippen molar-refractivity contribution >= 4 is 6.03 Å². The number of hydrogen-bond donors (Lipinski definition) is 1. The molecule has 0 spiro atoms. The number of carbonyl (C=O) groups excluding carboxylic acids is 1. The zero-order valence-electron chi connectivity index (χ0n) is 9.19. The number of amides is 2. The van der Waals surface area contributed by atoms with Gasteiger partial charge in [-0.2, -0.15) is 0 Å². The summed E-state index contributed by atoms with van der Waals surface area (Å²) in [6.45, 7) is 3.12. The predicted molar refractivity (Wildman–Crippen MR) is 57.6 cm³/mol. The maximum absolute atomic E-state index is 12.0. The summed E-state index contributed by atoms with van der Waals surface area (Å²) < 4.78 is 0. The Morgan fingerprint density at radius 2 is 1.67 bits per heavy atom. The molecule has 4 nitrogen and oxygen atoms in total. The average Bonchev–Trinajstić information content (AvgIpc) is 2.29. The minimum absolute atomic E-state index is 0.133. The smallest absolute Gasteiger partial charge is 0.320 e. The van der Waals surface area contributed by atoms with Crippen molar-refractivity contribution < 1.29 is 9.90 Å². The van der Waals surface area contributed by atoms with Gasteiger partial charge in [-0.15, -0.1) is 0 Å². The quantitative estimate of drug-likeness (QED) is 0.652.